The van der Waals surface area contributed by atoms with Gasteiger partial charge in [-0.3, -0.25) is 9.59 Å². The molecule has 0 fully saturated rings. The highest BCUT2D eigenvalue weighted by Crippen LogP contribution is 2.13. The zero-order valence-electron chi connectivity index (χ0n) is 15.7. The Balaban J connectivity index is 2.60. The summed E-state index contributed by atoms with van der Waals surface area (Å²) in [4.78, 5) is 35.0. The van der Waals surface area contributed by atoms with Gasteiger partial charge in [-0.1, -0.05) is 30.3 Å². The van der Waals surface area contributed by atoms with Crippen LogP contribution in [-0.4, -0.2) is 42.1 Å². The van der Waals surface area contributed by atoms with Crippen molar-refractivity contribution in [2.24, 2.45) is 5.41 Å². The molecule has 0 saturated heterocycles. The van der Waals surface area contributed by atoms with Crippen molar-refractivity contribution in [1.29, 1.82) is 0 Å². The molecule has 0 aliphatic heterocycles. The molecule has 1 atom stereocenters. The predicted molar refractivity (Wildman–Crippen MR) is 99.8 cm³/mol. The maximum Gasteiger partial charge on any atom is 0.315 e. The molecule has 144 valence electrons. The van der Waals surface area contributed by atoms with Crippen molar-refractivity contribution in [3.8, 4) is 0 Å². The van der Waals surface area contributed by atoms with Gasteiger partial charge in [0.2, 0.25) is 5.91 Å². The fraction of sp³-hybridized carbons (Fsp3) is 0.526. The Hall–Kier alpha value is -2.57. The summed E-state index contributed by atoms with van der Waals surface area (Å²) in [5.74, 6) is -1.03. The van der Waals surface area contributed by atoms with Gasteiger partial charge in [0, 0.05) is 25.6 Å². The van der Waals surface area contributed by atoms with Crippen LogP contribution >= 0.6 is 0 Å². The summed E-state index contributed by atoms with van der Waals surface area (Å²) < 4.78 is 0. The summed E-state index contributed by atoms with van der Waals surface area (Å²) in [7, 11) is 0. The van der Waals surface area contributed by atoms with E-state index in [0.29, 0.717) is 19.4 Å². The van der Waals surface area contributed by atoms with E-state index < -0.39 is 17.4 Å². The van der Waals surface area contributed by atoms with E-state index in [0.717, 1.165) is 5.56 Å². The molecule has 3 amide bonds. The molecule has 7 heteroatoms. The maximum atomic E-state index is 12.2. The third-order valence-electron chi connectivity index (χ3n) is 4.01. The third-order valence-corrected chi connectivity index (χ3v) is 4.01. The van der Waals surface area contributed by atoms with Gasteiger partial charge in [-0.15, -0.1) is 0 Å². The molecule has 0 spiro atoms. The van der Waals surface area contributed by atoms with Crippen LogP contribution in [-0.2, 0) is 16.0 Å². The fourth-order valence-electron chi connectivity index (χ4n) is 2.44. The molecule has 0 aliphatic carbocycles. The normalized spacial score (nSPS) is 12.1. The lowest BCUT2D eigenvalue weighted by molar-refractivity contribution is -0.137. The highest BCUT2D eigenvalue weighted by Gasteiger charge is 2.27. The van der Waals surface area contributed by atoms with Crippen LogP contribution < -0.4 is 16.0 Å². The highest BCUT2D eigenvalue weighted by atomic mass is 16.4. The first kappa shape index (κ1) is 21.5. The molecule has 0 heterocycles. The SMILES string of the molecule is CCNC(=O)C(C)(C)CNC(=O)NC(CCC(=O)O)Cc1ccccc1. The largest absolute Gasteiger partial charge is 0.481 e. The van der Waals surface area contributed by atoms with Crippen LogP contribution in [0.25, 0.3) is 0 Å². The zero-order chi connectivity index (χ0) is 19.6. The van der Waals surface area contributed by atoms with Gasteiger partial charge in [0.15, 0.2) is 0 Å². The molecule has 1 unspecified atom stereocenters. The van der Waals surface area contributed by atoms with Gasteiger partial charge < -0.3 is 21.1 Å². The van der Waals surface area contributed by atoms with Gasteiger partial charge in [-0.05, 0) is 39.2 Å². The summed E-state index contributed by atoms with van der Waals surface area (Å²) in [6, 6.07) is 8.86. The smallest absolute Gasteiger partial charge is 0.315 e. The summed E-state index contributed by atoms with van der Waals surface area (Å²) in [5, 5.41) is 17.2. The second-order valence-electron chi connectivity index (χ2n) is 6.89. The van der Waals surface area contributed by atoms with Crippen molar-refractivity contribution in [3.63, 3.8) is 0 Å². The van der Waals surface area contributed by atoms with Crippen LogP contribution in [0, 0.1) is 5.41 Å². The third kappa shape index (κ3) is 8.00. The minimum atomic E-state index is -0.900. The Morgan fingerprint density at radius 3 is 2.35 bits per heavy atom. The monoisotopic (exact) mass is 363 g/mol. The molecule has 0 bridgehead atoms. The number of carboxylic acids is 1. The Bertz CT molecular complexity index is 602. The Morgan fingerprint density at radius 1 is 1.12 bits per heavy atom. The number of amides is 3. The Labute approximate surface area is 154 Å². The number of urea groups is 1. The van der Waals surface area contributed by atoms with Gasteiger partial charge in [0.05, 0.1) is 5.41 Å². The molecule has 1 aromatic rings. The molecule has 7 nitrogen and oxygen atoms in total. The molecular formula is C19H29N3O4. The Kier molecular flexibility index (Phi) is 8.61. The minimum Gasteiger partial charge on any atom is -0.481 e. The molecule has 4 N–H and O–H groups in total. The molecule has 26 heavy (non-hydrogen) atoms. The van der Waals surface area contributed by atoms with Crippen LogP contribution in [0.2, 0.25) is 0 Å². The average Bonchev–Trinajstić information content (AvgIpc) is 2.59. The first-order chi connectivity index (χ1) is 12.2. The van der Waals surface area contributed by atoms with Crippen molar-refractivity contribution in [2.75, 3.05) is 13.1 Å². The van der Waals surface area contributed by atoms with Crippen LogP contribution in [0.4, 0.5) is 4.79 Å². The summed E-state index contributed by atoms with van der Waals surface area (Å²) in [6.45, 7) is 6.06. The van der Waals surface area contributed by atoms with Gasteiger partial charge in [0.25, 0.3) is 0 Å². The van der Waals surface area contributed by atoms with E-state index in [-0.39, 0.29) is 24.9 Å². The summed E-state index contributed by atoms with van der Waals surface area (Å²) in [6.07, 6.45) is 0.848. The first-order valence-corrected chi connectivity index (χ1v) is 8.83. The second kappa shape index (κ2) is 10.4. The number of rotatable bonds is 10. The molecule has 1 rings (SSSR count). The van der Waals surface area contributed by atoms with Crippen LogP contribution in [0.1, 0.15) is 39.2 Å². The lowest BCUT2D eigenvalue weighted by Gasteiger charge is -2.25. The van der Waals surface area contributed by atoms with E-state index >= 15 is 0 Å². The standard InChI is InChI=1S/C19H29N3O4/c1-4-20-17(25)19(2,3)13-21-18(26)22-15(10-11-16(23)24)12-14-8-6-5-7-9-14/h5-9,15H,4,10-13H2,1-3H3,(H,20,25)(H,23,24)(H2,21,22,26). The second-order valence-corrected chi connectivity index (χ2v) is 6.89. The quantitative estimate of drug-likeness (QED) is 0.509. The number of carbonyl (C=O) groups is 3. The highest BCUT2D eigenvalue weighted by molar-refractivity contribution is 5.83. The Morgan fingerprint density at radius 2 is 1.77 bits per heavy atom. The van der Waals surface area contributed by atoms with Crippen molar-refractivity contribution >= 4 is 17.9 Å². The number of hydrogen-bond acceptors (Lipinski definition) is 3. The van der Waals surface area contributed by atoms with E-state index in [1.54, 1.807) is 13.8 Å². The number of benzene rings is 1. The van der Waals surface area contributed by atoms with E-state index in [2.05, 4.69) is 16.0 Å². The van der Waals surface area contributed by atoms with Crippen molar-refractivity contribution in [2.45, 2.75) is 46.1 Å². The van der Waals surface area contributed by atoms with Crippen molar-refractivity contribution in [1.82, 2.24) is 16.0 Å². The number of aliphatic carboxylic acids is 1. The van der Waals surface area contributed by atoms with Crippen molar-refractivity contribution in [3.05, 3.63) is 35.9 Å². The predicted octanol–water partition coefficient (Wildman–Crippen LogP) is 1.92. The lowest BCUT2D eigenvalue weighted by atomic mass is 9.92. The molecular weight excluding hydrogens is 334 g/mol. The number of carbonyl (C=O) groups excluding carboxylic acids is 2. The van der Waals surface area contributed by atoms with E-state index in [1.807, 2.05) is 37.3 Å². The van der Waals surface area contributed by atoms with E-state index in [9.17, 15) is 14.4 Å². The molecule has 0 aromatic heterocycles. The lowest BCUT2D eigenvalue weighted by Crippen LogP contribution is -2.49. The summed E-state index contributed by atoms with van der Waals surface area (Å²) in [5.41, 5.74) is 0.287. The topological polar surface area (TPSA) is 108 Å². The number of nitrogens with one attached hydrogen (secondary N) is 3. The summed E-state index contributed by atoms with van der Waals surface area (Å²) >= 11 is 0. The van der Waals surface area contributed by atoms with Crippen LogP contribution in [0.3, 0.4) is 0 Å². The van der Waals surface area contributed by atoms with Gasteiger partial charge in [-0.2, -0.15) is 0 Å². The van der Waals surface area contributed by atoms with Crippen molar-refractivity contribution < 1.29 is 19.5 Å². The molecule has 1 aromatic carbocycles. The van der Waals surface area contributed by atoms with Gasteiger partial charge in [0.1, 0.15) is 0 Å². The first-order valence-electron chi connectivity index (χ1n) is 8.83. The average molecular weight is 363 g/mol. The minimum absolute atomic E-state index is 0.0256. The molecule has 0 radical (unpaired) electrons. The van der Waals surface area contributed by atoms with Gasteiger partial charge in [-0.25, -0.2) is 4.79 Å². The zero-order valence-corrected chi connectivity index (χ0v) is 15.7. The van der Waals surface area contributed by atoms with E-state index in [4.69, 9.17) is 5.11 Å². The molecule has 0 saturated carbocycles. The maximum absolute atomic E-state index is 12.2. The van der Waals surface area contributed by atoms with Gasteiger partial charge >= 0.3 is 12.0 Å². The fourth-order valence-corrected chi connectivity index (χ4v) is 2.44. The van der Waals surface area contributed by atoms with Crippen LogP contribution in [0.15, 0.2) is 30.3 Å². The molecule has 0 aliphatic rings. The van der Waals surface area contributed by atoms with Crippen LogP contribution in [0.5, 0.6) is 0 Å². The number of hydrogen-bond donors (Lipinski definition) is 4. The number of carboxylic acid groups (broad SMARTS) is 1. The van der Waals surface area contributed by atoms with E-state index in [1.165, 1.54) is 0 Å².